The van der Waals surface area contributed by atoms with Crippen molar-refractivity contribution in [2.24, 2.45) is 0 Å². The SMILES string of the molecule is Cc1ccc(S(=O)(=O)OCCc2cc(F)cc(F)c2)cc1. The number of rotatable bonds is 5. The Hall–Kier alpha value is -1.79. The summed E-state index contributed by atoms with van der Waals surface area (Å²) in [4.78, 5) is 0.0542. The molecule has 112 valence electrons. The van der Waals surface area contributed by atoms with E-state index in [-0.39, 0.29) is 17.9 Å². The van der Waals surface area contributed by atoms with Gasteiger partial charge < -0.3 is 0 Å². The van der Waals surface area contributed by atoms with Crippen LogP contribution in [0.15, 0.2) is 47.4 Å². The van der Waals surface area contributed by atoms with Gasteiger partial charge in [-0.2, -0.15) is 8.42 Å². The van der Waals surface area contributed by atoms with Crippen LogP contribution < -0.4 is 0 Å². The van der Waals surface area contributed by atoms with E-state index in [9.17, 15) is 17.2 Å². The maximum atomic E-state index is 13.0. The average Bonchev–Trinajstić information content (AvgIpc) is 2.37. The minimum Gasteiger partial charge on any atom is -0.266 e. The van der Waals surface area contributed by atoms with Crippen molar-refractivity contribution in [2.45, 2.75) is 18.2 Å². The molecule has 0 aromatic heterocycles. The topological polar surface area (TPSA) is 43.4 Å². The summed E-state index contributed by atoms with van der Waals surface area (Å²) in [5, 5.41) is 0. The molecule has 21 heavy (non-hydrogen) atoms. The van der Waals surface area contributed by atoms with Crippen molar-refractivity contribution < 1.29 is 21.4 Å². The number of halogens is 2. The van der Waals surface area contributed by atoms with Gasteiger partial charge in [0.15, 0.2) is 0 Å². The van der Waals surface area contributed by atoms with E-state index >= 15 is 0 Å². The molecule has 0 N–H and O–H groups in total. The van der Waals surface area contributed by atoms with Gasteiger partial charge in [0.05, 0.1) is 11.5 Å². The van der Waals surface area contributed by atoms with E-state index in [1.165, 1.54) is 12.1 Å². The van der Waals surface area contributed by atoms with Crippen LogP contribution in [0.5, 0.6) is 0 Å². The Morgan fingerprint density at radius 2 is 1.57 bits per heavy atom. The highest BCUT2D eigenvalue weighted by molar-refractivity contribution is 7.86. The minimum absolute atomic E-state index is 0.0542. The van der Waals surface area contributed by atoms with Gasteiger partial charge in [0.25, 0.3) is 10.1 Å². The molecule has 0 bridgehead atoms. The quantitative estimate of drug-likeness (QED) is 0.796. The predicted octanol–water partition coefficient (Wildman–Crippen LogP) is 3.22. The number of hydrogen-bond acceptors (Lipinski definition) is 3. The highest BCUT2D eigenvalue weighted by atomic mass is 32.2. The fourth-order valence-corrected chi connectivity index (χ4v) is 2.71. The summed E-state index contributed by atoms with van der Waals surface area (Å²) in [5.41, 5.74) is 1.27. The molecule has 0 amide bonds. The van der Waals surface area contributed by atoms with Gasteiger partial charge in [0.1, 0.15) is 11.6 Å². The van der Waals surface area contributed by atoms with Crippen molar-refractivity contribution in [3.8, 4) is 0 Å². The third-order valence-corrected chi connectivity index (χ3v) is 4.19. The van der Waals surface area contributed by atoms with E-state index in [0.29, 0.717) is 5.56 Å². The zero-order valence-corrected chi connectivity index (χ0v) is 12.2. The Balaban J connectivity index is 2.00. The molecule has 0 aliphatic rings. The van der Waals surface area contributed by atoms with Crippen molar-refractivity contribution in [3.05, 3.63) is 65.2 Å². The smallest absolute Gasteiger partial charge is 0.266 e. The van der Waals surface area contributed by atoms with E-state index < -0.39 is 21.8 Å². The summed E-state index contributed by atoms with van der Waals surface area (Å²) in [6, 6.07) is 9.28. The first-order valence-corrected chi connectivity index (χ1v) is 7.69. The molecule has 0 radical (unpaired) electrons. The Morgan fingerprint density at radius 3 is 2.14 bits per heavy atom. The molecule has 0 saturated heterocycles. The van der Waals surface area contributed by atoms with Gasteiger partial charge >= 0.3 is 0 Å². The summed E-state index contributed by atoms with van der Waals surface area (Å²) < 4.78 is 54.6. The zero-order chi connectivity index (χ0) is 15.5. The van der Waals surface area contributed by atoms with Crippen molar-refractivity contribution >= 4 is 10.1 Å². The molecule has 0 aliphatic carbocycles. The van der Waals surface area contributed by atoms with Crippen molar-refractivity contribution in [3.63, 3.8) is 0 Å². The Kier molecular flexibility index (Phi) is 4.69. The number of benzene rings is 2. The molecule has 0 heterocycles. The second-order valence-electron chi connectivity index (χ2n) is 4.62. The second-order valence-corrected chi connectivity index (χ2v) is 6.23. The molecule has 0 unspecified atom stereocenters. The largest absolute Gasteiger partial charge is 0.296 e. The van der Waals surface area contributed by atoms with Crippen LogP contribution in [0.4, 0.5) is 8.78 Å². The highest BCUT2D eigenvalue weighted by Gasteiger charge is 2.14. The zero-order valence-electron chi connectivity index (χ0n) is 11.3. The molecule has 0 spiro atoms. The van der Waals surface area contributed by atoms with Crippen LogP contribution in [0, 0.1) is 18.6 Å². The van der Waals surface area contributed by atoms with Crippen LogP contribution in [-0.2, 0) is 20.7 Å². The molecule has 0 atom stereocenters. The molecular formula is C15H14F2O3S. The maximum Gasteiger partial charge on any atom is 0.296 e. The predicted molar refractivity (Wildman–Crippen MR) is 74.4 cm³/mol. The normalized spacial score (nSPS) is 11.6. The molecule has 3 nitrogen and oxygen atoms in total. The first kappa shape index (κ1) is 15.6. The fourth-order valence-electron chi connectivity index (χ4n) is 1.80. The fraction of sp³-hybridized carbons (Fsp3) is 0.200. The minimum atomic E-state index is -3.85. The van der Waals surface area contributed by atoms with Crippen LogP contribution in [0.25, 0.3) is 0 Å². The molecule has 2 aromatic carbocycles. The molecule has 2 rings (SSSR count). The lowest BCUT2D eigenvalue weighted by Crippen LogP contribution is -2.09. The van der Waals surface area contributed by atoms with E-state index in [1.807, 2.05) is 6.92 Å². The third kappa shape index (κ3) is 4.34. The molecule has 0 aliphatic heterocycles. The monoisotopic (exact) mass is 312 g/mol. The summed E-state index contributed by atoms with van der Waals surface area (Å²) in [6.45, 7) is 1.66. The summed E-state index contributed by atoms with van der Waals surface area (Å²) in [6.07, 6.45) is 0.0970. The number of aryl methyl sites for hydroxylation is 1. The van der Waals surface area contributed by atoms with Crippen LogP contribution in [-0.4, -0.2) is 15.0 Å². The molecule has 2 aromatic rings. The van der Waals surface area contributed by atoms with Gasteiger partial charge in [-0.15, -0.1) is 0 Å². The summed E-state index contributed by atoms with van der Waals surface area (Å²) >= 11 is 0. The van der Waals surface area contributed by atoms with E-state index in [1.54, 1.807) is 12.1 Å². The van der Waals surface area contributed by atoms with Crippen molar-refractivity contribution in [2.75, 3.05) is 6.61 Å². The van der Waals surface area contributed by atoms with Crippen molar-refractivity contribution in [1.29, 1.82) is 0 Å². The van der Waals surface area contributed by atoms with Gasteiger partial charge in [0.2, 0.25) is 0 Å². The van der Waals surface area contributed by atoms with Gasteiger partial charge in [0, 0.05) is 6.07 Å². The van der Waals surface area contributed by atoms with Crippen LogP contribution >= 0.6 is 0 Å². The lowest BCUT2D eigenvalue weighted by Gasteiger charge is -2.06. The van der Waals surface area contributed by atoms with E-state index in [0.717, 1.165) is 23.8 Å². The maximum absolute atomic E-state index is 13.0. The molecule has 0 fully saturated rings. The van der Waals surface area contributed by atoms with E-state index in [4.69, 9.17) is 4.18 Å². The molecule has 6 heteroatoms. The van der Waals surface area contributed by atoms with Gasteiger partial charge in [-0.3, -0.25) is 4.18 Å². The van der Waals surface area contributed by atoms with Crippen LogP contribution in [0.1, 0.15) is 11.1 Å². The highest BCUT2D eigenvalue weighted by Crippen LogP contribution is 2.14. The Morgan fingerprint density at radius 1 is 1.00 bits per heavy atom. The Bertz CT molecular complexity index is 705. The lowest BCUT2D eigenvalue weighted by molar-refractivity contribution is 0.322. The first-order chi connectivity index (χ1) is 9.87. The summed E-state index contributed by atoms with van der Waals surface area (Å²) in [7, 11) is -3.85. The van der Waals surface area contributed by atoms with Gasteiger partial charge in [-0.1, -0.05) is 17.7 Å². The van der Waals surface area contributed by atoms with Crippen molar-refractivity contribution in [1.82, 2.24) is 0 Å². The molecule has 0 saturated carbocycles. The lowest BCUT2D eigenvalue weighted by atomic mass is 10.1. The van der Waals surface area contributed by atoms with Gasteiger partial charge in [-0.05, 0) is 43.2 Å². The van der Waals surface area contributed by atoms with Crippen LogP contribution in [0.3, 0.4) is 0 Å². The second kappa shape index (κ2) is 6.32. The number of hydrogen-bond donors (Lipinski definition) is 0. The standard InChI is InChI=1S/C15H14F2O3S/c1-11-2-4-15(5-3-11)21(18,19)20-7-6-12-8-13(16)10-14(17)9-12/h2-5,8-10H,6-7H2,1H3. The van der Waals surface area contributed by atoms with E-state index in [2.05, 4.69) is 0 Å². The first-order valence-electron chi connectivity index (χ1n) is 6.28. The Labute approximate surface area is 122 Å². The summed E-state index contributed by atoms with van der Waals surface area (Å²) in [5.74, 6) is -1.40. The van der Waals surface area contributed by atoms with Gasteiger partial charge in [-0.25, -0.2) is 8.78 Å². The van der Waals surface area contributed by atoms with Crippen LogP contribution in [0.2, 0.25) is 0 Å². The molecular weight excluding hydrogens is 298 g/mol. The average molecular weight is 312 g/mol. The third-order valence-electron chi connectivity index (χ3n) is 2.86.